The standard InChI is InChI=1S/C14H20N4O/c1-11(2)13-16-14(19-17-13)15-9-10-18(3)12-7-5-4-6-8-12/h4-8,11H,9-10H2,1-3H3,(H,15,16,17). The molecule has 5 nitrogen and oxygen atoms in total. The fourth-order valence-corrected chi connectivity index (χ4v) is 1.68. The van der Waals surface area contributed by atoms with Gasteiger partial charge < -0.3 is 14.7 Å². The summed E-state index contributed by atoms with van der Waals surface area (Å²) in [6.45, 7) is 5.70. The van der Waals surface area contributed by atoms with E-state index < -0.39 is 0 Å². The molecule has 5 heteroatoms. The van der Waals surface area contributed by atoms with Crippen LogP contribution in [0.4, 0.5) is 11.7 Å². The van der Waals surface area contributed by atoms with Gasteiger partial charge in [0.05, 0.1) is 0 Å². The number of para-hydroxylation sites is 1. The van der Waals surface area contributed by atoms with Crippen molar-refractivity contribution in [1.82, 2.24) is 10.1 Å². The third-order valence-electron chi connectivity index (χ3n) is 2.88. The van der Waals surface area contributed by atoms with Crippen LogP contribution >= 0.6 is 0 Å². The van der Waals surface area contributed by atoms with Gasteiger partial charge in [0.25, 0.3) is 0 Å². The van der Waals surface area contributed by atoms with Crippen LogP contribution in [0.15, 0.2) is 34.9 Å². The molecule has 0 radical (unpaired) electrons. The Morgan fingerprint density at radius 3 is 2.63 bits per heavy atom. The zero-order valence-corrected chi connectivity index (χ0v) is 11.6. The number of nitrogens with one attached hydrogen (secondary N) is 1. The molecule has 0 aliphatic carbocycles. The van der Waals surface area contributed by atoms with Gasteiger partial charge in [-0.3, -0.25) is 0 Å². The fraction of sp³-hybridized carbons (Fsp3) is 0.429. The maximum atomic E-state index is 5.12. The van der Waals surface area contributed by atoms with Crippen LogP contribution in [-0.4, -0.2) is 30.3 Å². The van der Waals surface area contributed by atoms with Crippen molar-refractivity contribution in [2.75, 3.05) is 30.4 Å². The predicted octanol–water partition coefficient (Wildman–Crippen LogP) is 2.74. The molecule has 0 saturated carbocycles. The topological polar surface area (TPSA) is 54.2 Å². The number of rotatable bonds is 6. The highest BCUT2D eigenvalue weighted by molar-refractivity contribution is 5.45. The monoisotopic (exact) mass is 260 g/mol. The molecule has 0 fully saturated rings. The van der Waals surface area contributed by atoms with Crippen molar-refractivity contribution in [3.8, 4) is 0 Å². The lowest BCUT2D eigenvalue weighted by molar-refractivity contribution is 0.419. The van der Waals surface area contributed by atoms with E-state index in [1.807, 2.05) is 32.0 Å². The number of anilines is 2. The first-order valence-electron chi connectivity index (χ1n) is 6.50. The summed E-state index contributed by atoms with van der Waals surface area (Å²) in [4.78, 5) is 6.45. The molecule has 2 rings (SSSR count). The molecule has 1 aromatic heterocycles. The van der Waals surface area contributed by atoms with E-state index in [1.165, 1.54) is 5.69 Å². The highest BCUT2D eigenvalue weighted by Crippen LogP contribution is 2.13. The molecule has 0 aliphatic heterocycles. The number of likely N-dealkylation sites (N-methyl/N-ethyl adjacent to an activating group) is 1. The minimum absolute atomic E-state index is 0.284. The van der Waals surface area contributed by atoms with Crippen LogP contribution in [0.5, 0.6) is 0 Å². The Bertz CT molecular complexity index is 495. The van der Waals surface area contributed by atoms with Gasteiger partial charge in [0.2, 0.25) is 0 Å². The molecule has 0 spiro atoms. The molecular weight excluding hydrogens is 240 g/mol. The van der Waals surface area contributed by atoms with Crippen LogP contribution in [0.2, 0.25) is 0 Å². The molecular formula is C14H20N4O. The molecule has 0 bridgehead atoms. The summed E-state index contributed by atoms with van der Waals surface area (Å²) in [5.41, 5.74) is 1.19. The quantitative estimate of drug-likeness (QED) is 0.865. The first kappa shape index (κ1) is 13.4. The number of nitrogens with zero attached hydrogens (tertiary/aromatic N) is 3. The van der Waals surface area contributed by atoms with Gasteiger partial charge in [-0.15, -0.1) is 0 Å². The largest absolute Gasteiger partial charge is 0.373 e. The summed E-state index contributed by atoms with van der Waals surface area (Å²) in [5, 5.41) is 7.05. The minimum Gasteiger partial charge on any atom is -0.373 e. The van der Waals surface area contributed by atoms with E-state index in [-0.39, 0.29) is 5.92 Å². The zero-order valence-electron chi connectivity index (χ0n) is 11.6. The van der Waals surface area contributed by atoms with E-state index in [2.05, 4.69) is 39.5 Å². The smallest absolute Gasteiger partial charge is 0.321 e. The number of hydrogen-bond donors (Lipinski definition) is 1. The van der Waals surface area contributed by atoms with Crippen LogP contribution < -0.4 is 10.2 Å². The van der Waals surface area contributed by atoms with Gasteiger partial charge >= 0.3 is 6.01 Å². The summed E-state index contributed by atoms with van der Waals surface area (Å²) in [7, 11) is 2.06. The lowest BCUT2D eigenvalue weighted by atomic mass is 10.2. The molecule has 0 saturated heterocycles. The van der Waals surface area contributed by atoms with Gasteiger partial charge in [0.1, 0.15) is 0 Å². The Morgan fingerprint density at radius 2 is 2.00 bits per heavy atom. The van der Waals surface area contributed by atoms with E-state index in [0.29, 0.717) is 6.01 Å². The van der Waals surface area contributed by atoms with Gasteiger partial charge in [-0.2, -0.15) is 4.98 Å². The Labute approximate surface area is 113 Å². The second-order valence-corrected chi connectivity index (χ2v) is 4.80. The van der Waals surface area contributed by atoms with E-state index in [1.54, 1.807) is 0 Å². The van der Waals surface area contributed by atoms with E-state index in [0.717, 1.165) is 18.9 Å². The molecule has 1 N–H and O–H groups in total. The minimum atomic E-state index is 0.284. The molecule has 1 heterocycles. The predicted molar refractivity (Wildman–Crippen MR) is 76.6 cm³/mol. The second kappa shape index (κ2) is 6.22. The second-order valence-electron chi connectivity index (χ2n) is 4.80. The Morgan fingerprint density at radius 1 is 1.26 bits per heavy atom. The van der Waals surface area contributed by atoms with E-state index in [4.69, 9.17) is 4.52 Å². The summed E-state index contributed by atoms with van der Waals surface area (Å²) >= 11 is 0. The van der Waals surface area contributed by atoms with Crippen molar-refractivity contribution in [2.24, 2.45) is 0 Å². The maximum Gasteiger partial charge on any atom is 0.321 e. The van der Waals surface area contributed by atoms with Crippen LogP contribution in [0, 0.1) is 0 Å². The van der Waals surface area contributed by atoms with Gasteiger partial charge in [-0.25, -0.2) is 0 Å². The molecule has 19 heavy (non-hydrogen) atoms. The van der Waals surface area contributed by atoms with Crippen molar-refractivity contribution >= 4 is 11.7 Å². The molecule has 0 unspecified atom stereocenters. The zero-order chi connectivity index (χ0) is 13.7. The van der Waals surface area contributed by atoms with Crippen LogP contribution in [0.25, 0.3) is 0 Å². The number of aromatic nitrogens is 2. The average Bonchev–Trinajstić information content (AvgIpc) is 2.89. The van der Waals surface area contributed by atoms with Crippen LogP contribution in [-0.2, 0) is 0 Å². The summed E-state index contributed by atoms with van der Waals surface area (Å²) in [6, 6.07) is 10.7. The Kier molecular flexibility index (Phi) is 4.39. The van der Waals surface area contributed by atoms with Crippen molar-refractivity contribution < 1.29 is 4.52 Å². The Hall–Kier alpha value is -2.04. The lowest BCUT2D eigenvalue weighted by Gasteiger charge is -2.18. The first-order chi connectivity index (χ1) is 9.16. The third kappa shape index (κ3) is 3.71. The van der Waals surface area contributed by atoms with Gasteiger partial charge in [-0.1, -0.05) is 37.2 Å². The fourth-order valence-electron chi connectivity index (χ4n) is 1.68. The van der Waals surface area contributed by atoms with Crippen molar-refractivity contribution in [2.45, 2.75) is 19.8 Å². The summed E-state index contributed by atoms with van der Waals surface area (Å²) in [6.07, 6.45) is 0. The Balaban J connectivity index is 1.80. The van der Waals surface area contributed by atoms with Crippen molar-refractivity contribution in [3.05, 3.63) is 36.2 Å². The van der Waals surface area contributed by atoms with Gasteiger partial charge in [0.15, 0.2) is 5.82 Å². The van der Waals surface area contributed by atoms with E-state index >= 15 is 0 Å². The number of benzene rings is 1. The first-order valence-corrected chi connectivity index (χ1v) is 6.50. The molecule has 102 valence electrons. The molecule has 2 aromatic rings. The van der Waals surface area contributed by atoms with Crippen molar-refractivity contribution in [1.29, 1.82) is 0 Å². The van der Waals surface area contributed by atoms with Gasteiger partial charge in [-0.05, 0) is 12.1 Å². The van der Waals surface area contributed by atoms with Crippen LogP contribution in [0.1, 0.15) is 25.6 Å². The van der Waals surface area contributed by atoms with Crippen LogP contribution in [0.3, 0.4) is 0 Å². The third-order valence-corrected chi connectivity index (χ3v) is 2.88. The maximum absolute atomic E-state index is 5.12. The molecule has 0 aliphatic rings. The highest BCUT2D eigenvalue weighted by atomic mass is 16.5. The summed E-state index contributed by atoms with van der Waals surface area (Å²) < 4.78 is 5.12. The summed E-state index contributed by atoms with van der Waals surface area (Å²) in [5.74, 6) is 1.02. The molecule has 0 amide bonds. The lowest BCUT2D eigenvalue weighted by Crippen LogP contribution is -2.24. The van der Waals surface area contributed by atoms with Gasteiger partial charge in [0, 0.05) is 31.7 Å². The van der Waals surface area contributed by atoms with E-state index in [9.17, 15) is 0 Å². The average molecular weight is 260 g/mol. The normalized spacial score (nSPS) is 10.7. The SMILES string of the molecule is CC(C)c1noc(NCCN(C)c2ccccc2)n1. The number of hydrogen-bond acceptors (Lipinski definition) is 5. The molecule has 0 atom stereocenters. The highest BCUT2D eigenvalue weighted by Gasteiger charge is 2.09. The van der Waals surface area contributed by atoms with Crippen molar-refractivity contribution in [3.63, 3.8) is 0 Å². The molecule has 1 aromatic carbocycles.